The van der Waals surface area contributed by atoms with Crippen LogP contribution in [0.2, 0.25) is 5.02 Å². The van der Waals surface area contributed by atoms with Crippen molar-refractivity contribution in [3.63, 3.8) is 0 Å². The minimum atomic E-state index is -0.563. The van der Waals surface area contributed by atoms with Crippen molar-refractivity contribution in [3.05, 3.63) is 38.9 Å². The Hall–Kier alpha value is -1.14. The van der Waals surface area contributed by atoms with Crippen LogP contribution in [0.15, 0.2) is 18.2 Å². The summed E-state index contributed by atoms with van der Waals surface area (Å²) < 4.78 is 0. The van der Waals surface area contributed by atoms with Crippen molar-refractivity contribution in [1.82, 2.24) is 5.32 Å². The molecule has 19 heavy (non-hydrogen) atoms. The van der Waals surface area contributed by atoms with E-state index in [9.17, 15) is 14.9 Å². The average molecular weight is 348 g/mol. The number of non-ortho nitro benzene ring substituents is 1. The van der Waals surface area contributed by atoms with Crippen molar-refractivity contribution in [2.24, 2.45) is 0 Å². The van der Waals surface area contributed by atoms with Gasteiger partial charge in [-0.3, -0.25) is 14.9 Å². The van der Waals surface area contributed by atoms with Gasteiger partial charge in [0.2, 0.25) is 0 Å². The lowest BCUT2D eigenvalue weighted by atomic mass is 9.78. The van der Waals surface area contributed by atoms with Crippen LogP contribution >= 0.6 is 27.5 Å². The number of halogens is 2. The second-order valence-electron chi connectivity index (χ2n) is 4.68. The predicted molar refractivity (Wildman–Crippen MR) is 75.9 cm³/mol. The number of alkyl halides is 1. The van der Waals surface area contributed by atoms with E-state index in [1.54, 1.807) is 0 Å². The highest BCUT2D eigenvalue weighted by atomic mass is 79.9. The number of nitrogens with one attached hydrogen (secondary N) is 1. The van der Waals surface area contributed by atoms with Crippen molar-refractivity contribution >= 4 is 39.1 Å². The Morgan fingerprint density at radius 1 is 1.47 bits per heavy atom. The number of carbonyl (C=O) groups excluding carboxylic acids is 1. The molecule has 5 nitrogen and oxygen atoms in total. The lowest BCUT2D eigenvalue weighted by Crippen LogP contribution is -2.54. The van der Waals surface area contributed by atoms with Crippen LogP contribution in [0.3, 0.4) is 0 Å². The number of nitro benzene ring substituents is 1. The Morgan fingerprint density at radius 2 is 2.16 bits per heavy atom. The normalized spacial score (nSPS) is 16.5. The minimum absolute atomic E-state index is 0.181. The molecule has 7 heteroatoms. The van der Waals surface area contributed by atoms with E-state index in [1.165, 1.54) is 18.2 Å². The van der Waals surface area contributed by atoms with Crippen molar-refractivity contribution in [2.45, 2.75) is 24.8 Å². The van der Waals surface area contributed by atoms with Crippen LogP contribution in [0, 0.1) is 10.1 Å². The summed E-state index contributed by atoms with van der Waals surface area (Å²) in [5.74, 6) is -0.329. The molecule has 0 heterocycles. The molecule has 1 amide bonds. The van der Waals surface area contributed by atoms with Gasteiger partial charge in [0.15, 0.2) is 0 Å². The van der Waals surface area contributed by atoms with Gasteiger partial charge in [-0.05, 0) is 25.3 Å². The number of nitrogens with zero attached hydrogens (tertiary/aromatic N) is 1. The van der Waals surface area contributed by atoms with Gasteiger partial charge in [0.05, 0.1) is 10.5 Å². The molecule has 1 N–H and O–H groups in total. The maximum atomic E-state index is 12.1. The number of hydrogen-bond acceptors (Lipinski definition) is 3. The van der Waals surface area contributed by atoms with E-state index in [0.29, 0.717) is 5.33 Å². The van der Waals surface area contributed by atoms with Crippen LogP contribution in [0.4, 0.5) is 5.69 Å². The first kappa shape index (κ1) is 14.3. The van der Waals surface area contributed by atoms with Gasteiger partial charge in [-0.1, -0.05) is 27.5 Å². The van der Waals surface area contributed by atoms with Gasteiger partial charge in [0, 0.05) is 28.0 Å². The molecule has 1 saturated carbocycles. The van der Waals surface area contributed by atoms with E-state index in [0.717, 1.165) is 19.3 Å². The Balaban J connectivity index is 2.21. The van der Waals surface area contributed by atoms with Crippen LogP contribution in [-0.4, -0.2) is 21.7 Å². The molecule has 1 fully saturated rings. The first-order valence-corrected chi connectivity index (χ1v) is 7.29. The van der Waals surface area contributed by atoms with Crippen molar-refractivity contribution in [2.75, 3.05) is 5.33 Å². The molecule has 0 aromatic heterocycles. The fourth-order valence-corrected chi connectivity index (χ4v) is 2.95. The third-order valence-electron chi connectivity index (χ3n) is 3.30. The highest BCUT2D eigenvalue weighted by molar-refractivity contribution is 9.09. The third-order valence-corrected chi connectivity index (χ3v) is 4.59. The predicted octanol–water partition coefficient (Wildman–Crippen LogP) is 3.30. The first-order valence-electron chi connectivity index (χ1n) is 5.79. The molecule has 0 saturated heterocycles. The highest BCUT2D eigenvalue weighted by Crippen LogP contribution is 2.34. The Labute approximate surface area is 123 Å². The quantitative estimate of drug-likeness (QED) is 0.516. The lowest BCUT2D eigenvalue weighted by molar-refractivity contribution is -0.384. The number of carbonyl (C=O) groups is 1. The van der Waals surface area contributed by atoms with Crippen molar-refractivity contribution < 1.29 is 9.72 Å². The zero-order chi connectivity index (χ0) is 14.0. The summed E-state index contributed by atoms with van der Waals surface area (Å²) >= 11 is 9.19. The Kier molecular flexibility index (Phi) is 4.10. The summed E-state index contributed by atoms with van der Waals surface area (Å²) in [7, 11) is 0. The second kappa shape index (κ2) is 5.46. The minimum Gasteiger partial charge on any atom is -0.346 e. The van der Waals surface area contributed by atoms with Gasteiger partial charge >= 0.3 is 0 Å². The lowest BCUT2D eigenvalue weighted by Gasteiger charge is -2.41. The van der Waals surface area contributed by atoms with Gasteiger partial charge in [0.25, 0.3) is 11.6 Å². The Morgan fingerprint density at radius 3 is 2.63 bits per heavy atom. The van der Waals surface area contributed by atoms with Crippen LogP contribution in [0.5, 0.6) is 0 Å². The van der Waals surface area contributed by atoms with Gasteiger partial charge < -0.3 is 5.32 Å². The molecule has 0 aliphatic heterocycles. The zero-order valence-corrected chi connectivity index (χ0v) is 12.3. The van der Waals surface area contributed by atoms with E-state index in [-0.39, 0.29) is 27.7 Å². The molecule has 102 valence electrons. The molecule has 1 aliphatic carbocycles. The monoisotopic (exact) mass is 346 g/mol. The number of benzene rings is 1. The van der Waals surface area contributed by atoms with Crippen molar-refractivity contribution in [1.29, 1.82) is 0 Å². The highest BCUT2D eigenvalue weighted by Gasteiger charge is 2.37. The SMILES string of the molecule is O=C(NC1(CBr)CCC1)c1cc(Cl)cc([N+](=O)[O-])c1. The topological polar surface area (TPSA) is 72.2 Å². The van der Waals surface area contributed by atoms with Crippen LogP contribution in [0.1, 0.15) is 29.6 Å². The number of nitro groups is 1. The summed E-state index contributed by atoms with van der Waals surface area (Å²) in [5.41, 5.74) is -0.195. The summed E-state index contributed by atoms with van der Waals surface area (Å²) in [4.78, 5) is 22.3. The second-order valence-corrected chi connectivity index (χ2v) is 5.67. The summed E-state index contributed by atoms with van der Waals surface area (Å²) in [6.07, 6.45) is 2.89. The molecule has 0 radical (unpaired) electrons. The maximum Gasteiger partial charge on any atom is 0.271 e. The molecular weight excluding hydrogens is 336 g/mol. The van der Waals surface area contributed by atoms with Gasteiger partial charge in [0.1, 0.15) is 0 Å². The summed E-state index contributed by atoms with van der Waals surface area (Å²) in [6, 6.07) is 3.90. The molecule has 1 aromatic rings. The Bertz CT molecular complexity index is 526. The van der Waals surface area contributed by atoms with Crippen LogP contribution in [-0.2, 0) is 0 Å². The van der Waals surface area contributed by atoms with Crippen molar-refractivity contribution in [3.8, 4) is 0 Å². The van der Waals surface area contributed by atoms with E-state index in [4.69, 9.17) is 11.6 Å². The fourth-order valence-electron chi connectivity index (χ4n) is 2.02. The molecule has 0 unspecified atom stereocenters. The molecular formula is C12H12BrClN2O3. The number of amides is 1. The largest absolute Gasteiger partial charge is 0.346 e. The fraction of sp³-hybridized carbons (Fsp3) is 0.417. The number of hydrogen-bond donors (Lipinski definition) is 1. The van der Waals surface area contributed by atoms with Crippen LogP contribution in [0.25, 0.3) is 0 Å². The smallest absolute Gasteiger partial charge is 0.271 e. The molecule has 0 bridgehead atoms. The third kappa shape index (κ3) is 3.06. The average Bonchev–Trinajstić information content (AvgIpc) is 2.32. The summed E-state index contributed by atoms with van der Waals surface area (Å²) in [6.45, 7) is 0. The van der Waals surface area contributed by atoms with E-state index >= 15 is 0 Å². The van der Waals surface area contributed by atoms with Gasteiger partial charge in [-0.25, -0.2) is 0 Å². The van der Waals surface area contributed by atoms with E-state index < -0.39 is 4.92 Å². The molecule has 2 rings (SSSR count). The number of rotatable bonds is 4. The van der Waals surface area contributed by atoms with E-state index in [1.807, 2.05) is 0 Å². The zero-order valence-electron chi connectivity index (χ0n) is 9.99. The summed E-state index contributed by atoms with van der Waals surface area (Å²) in [5, 5.41) is 14.5. The standard InChI is InChI=1S/C12H12BrClN2O3/c13-7-12(2-1-3-12)15-11(17)8-4-9(14)6-10(5-8)16(18)19/h4-6H,1-3,7H2,(H,15,17). The molecule has 1 aromatic carbocycles. The van der Waals surface area contributed by atoms with Gasteiger partial charge in [-0.2, -0.15) is 0 Å². The molecule has 1 aliphatic rings. The molecule has 0 atom stereocenters. The first-order chi connectivity index (χ1) is 8.96. The molecule has 0 spiro atoms. The van der Waals surface area contributed by atoms with Gasteiger partial charge in [-0.15, -0.1) is 0 Å². The van der Waals surface area contributed by atoms with Crippen LogP contribution < -0.4 is 5.32 Å². The van der Waals surface area contributed by atoms with E-state index in [2.05, 4.69) is 21.2 Å². The maximum absolute atomic E-state index is 12.1.